The van der Waals surface area contributed by atoms with Crippen LogP contribution in [0, 0.1) is 0 Å². The summed E-state index contributed by atoms with van der Waals surface area (Å²) < 4.78 is 6.45. The van der Waals surface area contributed by atoms with E-state index in [0.29, 0.717) is 23.6 Å². The van der Waals surface area contributed by atoms with Crippen LogP contribution in [0.15, 0.2) is 35.5 Å². The molecule has 0 amide bonds. The van der Waals surface area contributed by atoms with E-state index in [2.05, 4.69) is 20.8 Å². The predicted molar refractivity (Wildman–Crippen MR) is 77.0 cm³/mol. The van der Waals surface area contributed by atoms with E-state index in [1.54, 1.807) is 24.3 Å². The second kappa shape index (κ2) is 5.47. The number of carbonyl (C=O) groups is 1. The number of hydrogen-bond donors (Lipinski definition) is 2. The van der Waals surface area contributed by atoms with Crippen LogP contribution in [0.3, 0.4) is 0 Å². The van der Waals surface area contributed by atoms with E-state index in [9.17, 15) is 9.90 Å². The molecule has 1 aromatic heterocycles. The number of esters is 1. The van der Waals surface area contributed by atoms with Crippen molar-refractivity contribution in [3.8, 4) is 5.75 Å². The molecule has 0 saturated heterocycles. The molecule has 8 heteroatoms. The van der Waals surface area contributed by atoms with Gasteiger partial charge in [0.25, 0.3) is 0 Å². The number of benzene rings is 1. The van der Waals surface area contributed by atoms with Crippen molar-refractivity contribution in [3.05, 3.63) is 41.1 Å². The summed E-state index contributed by atoms with van der Waals surface area (Å²) >= 11 is 0. The summed E-state index contributed by atoms with van der Waals surface area (Å²) in [6, 6.07) is 6.07. The number of hydrogen-bond acceptors (Lipinski definition) is 7. The molecule has 1 aliphatic rings. The lowest BCUT2D eigenvalue weighted by Crippen LogP contribution is -2.30. The molecule has 22 heavy (non-hydrogen) atoms. The van der Waals surface area contributed by atoms with Crippen LogP contribution in [-0.2, 0) is 9.53 Å². The Hall–Kier alpha value is -2.90. The molecular weight excluding hydrogens is 286 g/mol. The van der Waals surface area contributed by atoms with Crippen LogP contribution < -0.4 is 5.32 Å². The summed E-state index contributed by atoms with van der Waals surface area (Å²) in [4.78, 5) is 12.3. The molecule has 1 atom stereocenters. The SMILES string of the molecule is CCC1=C(C(=O)OC)[C@H](c2ccc(O)cc2)n2nnnc2N1. The molecule has 0 fully saturated rings. The second-order valence-electron chi connectivity index (χ2n) is 4.80. The molecule has 0 saturated carbocycles. The number of carbonyl (C=O) groups excluding carboxylic acids is 1. The van der Waals surface area contributed by atoms with E-state index in [1.807, 2.05) is 6.92 Å². The molecule has 2 N–H and O–H groups in total. The fourth-order valence-corrected chi connectivity index (χ4v) is 2.53. The van der Waals surface area contributed by atoms with Crippen LogP contribution in [0.25, 0.3) is 0 Å². The lowest BCUT2D eigenvalue weighted by molar-refractivity contribution is -0.136. The van der Waals surface area contributed by atoms with Crippen molar-refractivity contribution in [2.75, 3.05) is 12.4 Å². The highest BCUT2D eigenvalue weighted by atomic mass is 16.5. The average Bonchev–Trinajstić information content (AvgIpc) is 3.01. The monoisotopic (exact) mass is 301 g/mol. The van der Waals surface area contributed by atoms with Crippen LogP contribution in [0.4, 0.5) is 5.95 Å². The quantitative estimate of drug-likeness (QED) is 0.822. The smallest absolute Gasteiger partial charge is 0.338 e. The maximum absolute atomic E-state index is 12.3. The van der Waals surface area contributed by atoms with E-state index in [0.717, 1.165) is 5.56 Å². The van der Waals surface area contributed by atoms with Gasteiger partial charge in [-0.1, -0.05) is 24.2 Å². The number of phenols is 1. The topological polar surface area (TPSA) is 102 Å². The highest BCUT2D eigenvalue weighted by Gasteiger charge is 2.35. The highest BCUT2D eigenvalue weighted by molar-refractivity contribution is 5.92. The van der Waals surface area contributed by atoms with Crippen molar-refractivity contribution in [2.24, 2.45) is 0 Å². The zero-order valence-corrected chi connectivity index (χ0v) is 12.1. The Kier molecular flexibility index (Phi) is 3.50. The van der Waals surface area contributed by atoms with E-state index < -0.39 is 12.0 Å². The molecule has 0 spiro atoms. The number of tetrazole rings is 1. The highest BCUT2D eigenvalue weighted by Crippen LogP contribution is 2.36. The van der Waals surface area contributed by atoms with Gasteiger partial charge in [-0.2, -0.15) is 4.68 Å². The Morgan fingerprint density at radius 3 is 2.77 bits per heavy atom. The molecule has 1 aliphatic heterocycles. The van der Waals surface area contributed by atoms with Gasteiger partial charge in [-0.3, -0.25) is 0 Å². The first kappa shape index (κ1) is 14.1. The van der Waals surface area contributed by atoms with Crippen molar-refractivity contribution >= 4 is 11.9 Å². The number of aromatic hydroxyl groups is 1. The number of methoxy groups -OCH3 is 1. The van der Waals surface area contributed by atoms with Gasteiger partial charge in [0, 0.05) is 5.70 Å². The molecule has 0 bridgehead atoms. The predicted octanol–water partition coefficient (Wildman–Crippen LogP) is 1.23. The van der Waals surface area contributed by atoms with E-state index in [4.69, 9.17) is 4.74 Å². The Balaban J connectivity index is 2.19. The van der Waals surface area contributed by atoms with Gasteiger partial charge >= 0.3 is 5.97 Å². The standard InChI is InChI=1S/C14H15N5O3/c1-3-10-11(13(21)22-2)12(8-4-6-9(20)7-5-8)19-14(15-10)16-17-18-19/h4-7,12,20H,3H2,1-2H3,(H,15,16,18)/t12-/m0/s1. The second-order valence-corrected chi connectivity index (χ2v) is 4.80. The molecule has 0 unspecified atom stereocenters. The average molecular weight is 301 g/mol. The number of fused-ring (bicyclic) bond motifs is 1. The van der Waals surface area contributed by atoms with Crippen molar-refractivity contribution in [1.82, 2.24) is 20.2 Å². The van der Waals surface area contributed by atoms with E-state index in [-0.39, 0.29) is 5.75 Å². The third-order valence-electron chi connectivity index (χ3n) is 3.57. The molecule has 8 nitrogen and oxygen atoms in total. The maximum atomic E-state index is 12.3. The summed E-state index contributed by atoms with van der Waals surface area (Å²) in [7, 11) is 1.34. The van der Waals surface area contributed by atoms with Crippen molar-refractivity contribution in [3.63, 3.8) is 0 Å². The largest absolute Gasteiger partial charge is 0.508 e. The first-order valence-electron chi connectivity index (χ1n) is 6.80. The molecule has 0 aliphatic carbocycles. The van der Waals surface area contributed by atoms with Gasteiger partial charge in [-0.05, 0) is 34.5 Å². The zero-order chi connectivity index (χ0) is 15.7. The Labute approximate surface area is 126 Å². The fraction of sp³-hybridized carbons (Fsp3) is 0.286. The van der Waals surface area contributed by atoms with Crippen molar-refractivity contribution in [2.45, 2.75) is 19.4 Å². The number of aromatic nitrogens is 4. The first-order valence-corrected chi connectivity index (χ1v) is 6.80. The van der Waals surface area contributed by atoms with E-state index >= 15 is 0 Å². The Morgan fingerprint density at radius 1 is 1.41 bits per heavy atom. The van der Waals surface area contributed by atoms with Gasteiger partial charge in [0.1, 0.15) is 11.8 Å². The molecule has 2 heterocycles. The third kappa shape index (κ3) is 2.18. The first-order chi connectivity index (χ1) is 10.7. The molecule has 3 rings (SSSR count). The van der Waals surface area contributed by atoms with Gasteiger partial charge in [0.2, 0.25) is 5.95 Å². The minimum absolute atomic E-state index is 0.147. The number of anilines is 1. The van der Waals surface area contributed by atoms with Gasteiger partial charge in [0.15, 0.2) is 0 Å². The van der Waals surface area contributed by atoms with Crippen LogP contribution in [0.5, 0.6) is 5.75 Å². The molecule has 0 radical (unpaired) electrons. The summed E-state index contributed by atoms with van der Waals surface area (Å²) in [6.45, 7) is 1.93. The van der Waals surface area contributed by atoms with Gasteiger partial charge in [0.05, 0.1) is 12.7 Å². The number of phenolic OH excluding ortho intramolecular Hbond substituents is 1. The normalized spacial score (nSPS) is 16.9. The minimum atomic E-state index is -0.505. The van der Waals surface area contributed by atoms with Crippen LogP contribution in [-0.4, -0.2) is 38.4 Å². The van der Waals surface area contributed by atoms with Gasteiger partial charge < -0.3 is 15.2 Å². The summed E-state index contributed by atoms with van der Waals surface area (Å²) in [6.07, 6.45) is 0.603. The van der Waals surface area contributed by atoms with Crippen LogP contribution in [0.1, 0.15) is 24.9 Å². The molecule has 2 aromatic rings. The zero-order valence-electron chi connectivity index (χ0n) is 12.1. The van der Waals surface area contributed by atoms with Gasteiger partial charge in [-0.25, -0.2) is 4.79 Å². The van der Waals surface area contributed by atoms with E-state index in [1.165, 1.54) is 11.8 Å². The number of allylic oxidation sites excluding steroid dienone is 1. The van der Waals surface area contributed by atoms with Crippen LogP contribution >= 0.6 is 0 Å². The maximum Gasteiger partial charge on any atom is 0.338 e. The van der Waals surface area contributed by atoms with Gasteiger partial charge in [-0.15, -0.1) is 0 Å². The minimum Gasteiger partial charge on any atom is -0.508 e. The lowest BCUT2D eigenvalue weighted by Gasteiger charge is -2.28. The fourth-order valence-electron chi connectivity index (χ4n) is 2.53. The molecule has 114 valence electrons. The number of nitrogens with one attached hydrogen (secondary N) is 1. The number of rotatable bonds is 3. The number of ether oxygens (including phenoxy) is 1. The van der Waals surface area contributed by atoms with Crippen molar-refractivity contribution < 1.29 is 14.6 Å². The molecular formula is C14H15N5O3. The Bertz CT molecular complexity index is 735. The summed E-state index contributed by atoms with van der Waals surface area (Å²) in [5.74, 6) is 0.167. The molecule has 1 aromatic carbocycles. The Morgan fingerprint density at radius 2 is 2.14 bits per heavy atom. The number of nitrogens with zero attached hydrogens (tertiary/aromatic N) is 4. The summed E-state index contributed by atoms with van der Waals surface area (Å²) in [5, 5.41) is 24.1. The van der Waals surface area contributed by atoms with Crippen molar-refractivity contribution in [1.29, 1.82) is 0 Å². The third-order valence-corrected chi connectivity index (χ3v) is 3.57. The summed E-state index contributed by atoms with van der Waals surface area (Å²) in [5.41, 5.74) is 1.95. The van der Waals surface area contributed by atoms with Crippen LogP contribution in [0.2, 0.25) is 0 Å². The lowest BCUT2D eigenvalue weighted by atomic mass is 9.94.